The van der Waals surface area contributed by atoms with E-state index in [9.17, 15) is 0 Å². The van der Waals surface area contributed by atoms with Crippen LogP contribution in [0.3, 0.4) is 0 Å². The first-order valence-electron chi connectivity index (χ1n) is 14.9. The van der Waals surface area contributed by atoms with E-state index < -0.39 is 0 Å². The molecule has 0 radical (unpaired) electrons. The van der Waals surface area contributed by atoms with Gasteiger partial charge in [-0.25, -0.2) is 0 Å². The molecule has 6 atom stereocenters. The minimum atomic E-state index is -0.356. The van der Waals surface area contributed by atoms with Crippen molar-refractivity contribution >= 4 is 0 Å². The van der Waals surface area contributed by atoms with E-state index in [1.807, 2.05) is 7.11 Å². The molecule has 1 saturated heterocycles. The molecule has 1 spiro atoms. The fraction of sp³-hybridized carbons (Fsp3) is 0.636. The van der Waals surface area contributed by atoms with Gasteiger partial charge in [-0.3, -0.25) is 4.90 Å². The molecule has 5 aliphatic rings. The maximum absolute atomic E-state index is 7.19. The minimum Gasteiger partial charge on any atom is -0.493 e. The van der Waals surface area contributed by atoms with Gasteiger partial charge in [-0.05, 0) is 73.6 Å². The number of rotatable bonds is 9. The number of benzene rings is 2. The second kappa shape index (κ2) is 8.97. The Balaban J connectivity index is 1.32. The maximum atomic E-state index is 7.19. The first-order valence-corrected chi connectivity index (χ1v) is 14.9. The number of ether oxygens (including phenoxy) is 3. The summed E-state index contributed by atoms with van der Waals surface area (Å²) < 4.78 is 19.8. The van der Waals surface area contributed by atoms with Crippen LogP contribution >= 0.6 is 0 Å². The second-order valence-corrected chi connectivity index (χ2v) is 13.0. The van der Waals surface area contributed by atoms with Gasteiger partial charge in [0.25, 0.3) is 0 Å². The first-order chi connectivity index (χ1) is 18.5. The van der Waals surface area contributed by atoms with Crippen molar-refractivity contribution in [2.75, 3.05) is 33.9 Å². The lowest BCUT2D eigenvalue weighted by molar-refractivity contribution is -0.232. The number of likely N-dealkylation sites (tertiary alicyclic amines) is 1. The van der Waals surface area contributed by atoms with Crippen molar-refractivity contribution in [2.45, 2.75) is 82.1 Å². The molecule has 7 rings (SSSR count). The molecular weight excluding hydrogens is 472 g/mol. The molecular formula is C33H44N2O3. The third kappa shape index (κ3) is 3.28. The van der Waals surface area contributed by atoms with Gasteiger partial charge in [0.15, 0.2) is 11.5 Å². The summed E-state index contributed by atoms with van der Waals surface area (Å²) in [4.78, 5) is 2.88. The zero-order valence-corrected chi connectivity index (χ0v) is 23.6. The third-order valence-electron chi connectivity index (χ3n) is 11.4. The maximum Gasteiger partial charge on any atom is 0.165 e. The smallest absolute Gasteiger partial charge is 0.165 e. The van der Waals surface area contributed by atoms with Crippen LogP contribution < -0.4 is 14.8 Å². The van der Waals surface area contributed by atoms with Crippen LogP contribution in [0.1, 0.15) is 62.6 Å². The molecule has 2 aliphatic heterocycles. The van der Waals surface area contributed by atoms with Gasteiger partial charge in [0.2, 0.25) is 0 Å². The highest BCUT2D eigenvalue weighted by atomic mass is 16.6. The Morgan fingerprint density at radius 1 is 1.11 bits per heavy atom. The standard InChI is InChI=1S/C33H44N2O3/c1-5-33(37-4)25(20-34-19-22-9-7-6-8-10-22)18-31(2)27-17-24-13-14-26(36-3)29-28(24)32(31,30(33)38-29)15-16-35(27)21-23-11-12-23/h6-10,13-14,23,25,27,30,34H,5,11-12,15-21H2,1-4H3/t25-,27?,30-,31-,32?,33-/m1/s1. The van der Waals surface area contributed by atoms with Crippen molar-refractivity contribution in [3.8, 4) is 11.5 Å². The summed E-state index contributed by atoms with van der Waals surface area (Å²) in [6, 6.07) is 15.8. The molecule has 2 heterocycles. The predicted molar refractivity (Wildman–Crippen MR) is 150 cm³/mol. The van der Waals surface area contributed by atoms with E-state index in [0.717, 1.165) is 62.7 Å². The lowest BCUT2D eigenvalue weighted by Gasteiger charge is -2.69. The van der Waals surface area contributed by atoms with Crippen LogP contribution in [0.15, 0.2) is 42.5 Å². The quantitative estimate of drug-likeness (QED) is 0.487. The Morgan fingerprint density at radius 3 is 2.63 bits per heavy atom. The topological polar surface area (TPSA) is 43.0 Å². The highest BCUT2D eigenvalue weighted by Gasteiger charge is 2.76. The molecule has 5 nitrogen and oxygen atoms in total. The second-order valence-electron chi connectivity index (χ2n) is 13.0. The molecule has 1 N–H and O–H groups in total. The Morgan fingerprint density at radius 2 is 1.92 bits per heavy atom. The van der Waals surface area contributed by atoms with Gasteiger partial charge in [-0.2, -0.15) is 0 Å². The van der Waals surface area contributed by atoms with Crippen LogP contribution in [-0.2, 0) is 23.1 Å². The van der Waals surface area contributed by atoms with Crippen molar-refractivity contribution in [1.82, 2.24) is 10.2 Å². The molecule has 5 heteroatoms. The Bertz CT molecular complexity index is 1190. The van der Waals surface area contributed by atoms with Gasteiger partial charge >= 0.3 is 0 Å². The lowest BCUT2D eigenvalue weighted by Crippen LogP contribution is -2.77. The molecule has 3 fully saturated rings. The van der Waals surface area contributed by atoms with E-state index >= 15 is 0 Å². The van der Waals surface area contributed by atoms with E-state index in [1.165, 1.54) is 36.1 Å². The van der Waals surface area contributed by atoms with Crippen molar-refractivity contribution in [2.24, 2.45) is 17.3 Å². The Kier molecular flexibility index (Phi) is 5.88. The predicted octanol–water partition coefficient (Wildman–Crippen LogP) is 5.35. The number of hydrogen-bond donors (Lipinski definition) is 1. The van der Waals surface area contributed by atoms with Crippen LogP contribution in [0, 0.1) is 17.3 Å². The summed E-state index contributed by atoms with van der Waals surface area (Å²) in [5, 5.41) is 3.84. The third-order valence-corrected chi connectivity index (χ3v) is 11.4. The van der Waals surface area contributed by atoms with Crippen LogP contribution in [-0.4, -0.2) is 56.5 Å². The monoisotopic (exact) mass is 516 g/mol. The highest BCUT2D eigenvalue weighted by molar-refractivity contribution is 5.62. The summed E-state index contributed by atoms with van der Waals surface area (Å²) in [5.41, 5.74) is 3.98. The van der Waals surface area contributed by atoms with E-state index in [-0.39, 0.29) is 22.5 Å². The van der Waals surface area contributed by atoms with Crippen LogP contribution in [0.25, 0.3) is 0 Å². The first kappa shape index (κ1) is 24.9. The Labute approximate surface area is 228 Å². The van der Waals surface area contributed by atoms with Gasteiger partial charge in [-0.15, -0.1) is 0 Å². The number of nitrogens with zero attached hydrogens (tertiary/aromatic N) is 1. The summed E-state index contributed by atoms with van der Waals surface area (Å²) >= 11 is 0. The average molecular weight is 517 g/mol. The number of methoxy groups -OCH3 is 2. The van der Waals surface area contributed by atoms with Crippen molar-refractivity contribution in [3.05, 3.63) is 59.2 Å². The lowest BCUT2D eigenvalue weighted by atomic mass is 9.40. The van der Waals surface area contributed by atoms with Crippen molar-refractivity contribution < 1.29 is 14.2 Å². The Hall–Kier alpha value is -2.08. The van der Waals surface area contributed by atoms with Crippen LogP contribution in [0.5, 0.6) is 11.5 Å². The molecule has 0 amide bonds. The van der Waals surface area contributed by atoms with E-state index in [2.05, 4.69) is 66.5 Å². The van der Waals surface area contributed by atoms with Gasteiger partial charge in [-0.1, -0.05) is 50.2 Å². The molecule has 204 valence electrons. The summed E-state index contributed by atoms with van der Waals surface area (Å²) in [5.74, 6) is 3.14. The fourth-order valence-electron chi connectivity index (χ4n) is 9.46. The molecule has 2 saturated carbocycles. The average Bonchev–Trinajstić information content (AvgIpc) is 3.68. The van der Waals surface area contributed by atoms with Gasteiger partial charge in [0.1, 0.15) is 11.7 Å². The zero-order valence-electron chi connectivity index (χ0n) is 23.6. The van der Waals surface area contributed by atoms with Crippen LogP contribution in [0.4, 0.5) is 0 Å². The van der Waals surface area contributed by atoms with Gasteiger partial charge in [0.05, 0.1) is 7.11 Å². The van der Waals surface area contributed by atoms with Gasteiger partial charge in [0, 0.05) is 49.7 Å². The molecule has 2 aromatic carbocycles. The normalized spacial score (nSPS) is 37.0. The summed E-state index contributed by atoms with van der Waals surface area (Å²) in [6.07, 6.45) is 7.14. The summed E-state index contributed by atoms with van der Waals surface area (Å²) in [6.45, 7) is 9.15. The number of piperidine rings is 1. The van der Waals surface area contributed by atoms with E-state index in [1.54, 1.807) is 7.11 Å². The van der Waals surface area contributed by atoms with E-state index in [0.29, 0.717) is 12.0 Å². The highest BCUT2D eigenvalue weighted by Crippen LogP contribution is 2.72. The molecule has 3 aliphatic carbocycles. The molecule has 2 bridgehead atoms. The summed E-state index contributed by atoms with van der Waals surface area (Å²) in [7, 11) is 3.71. The fourth-order valence-corrected chi connectivity index (χ4v) is 9.46. The zero-order chi connectivity index (χ0) is 26.1. The molecule has 2 unspecified atom stereocenters. The van der Waals surface area contributed by atoms with Crippen molar-refractivity contribution in [1.29, 1.82) is 0 Å². The SMILES string of the molecule is CC[C@@]1(OC)[C@@H](CNCc2ccccc2)C[C@]2(C)C3Cc4ccc(OC)c5c4C2(CCN3CC2CC2)[C@H]1O5. The van der Waals surface area contributed by atoms with Crippen LogP contribution in [0.2, 0.25) is 0 Å². The number of nitrogens with one attached hydrogen (secondary N) is 1. The largest absolute Gasteiger partial charge is 0.493 e. The van der Waals surface area contributed by atoms with E-state index in [4.69, 9.17) is 14.2 Å². The number of hydrogen-bond acceptors (Lipinski definition) is 5. The molecule has 38 heavy (non-hydrogen) atoms. The molecule has 2 aromatic rings. The van der Waals surface area contributed by atoms with Gasteiger partial charge < -0.3 is 19.5 Å². The molecule has 0 aromatic heterocycles. The van der Waals surface area contributed by atoms with Crippen molar-refractivity contribution in [3.63, 3.8) is 0 Å². The minimum absolute atomic E-state index is 0.0109.